The van der Waals surface area contributed by atoms with Gasteiger partial charge in [-0.2, -0.15) is 0 Å². The predicted octanol–water partition coefficient (Wildman–Crippen LogP) is -1.35. The number of carbonyl (C=O) groups excluding carboxylic acids is 8. The van der Waals surface area contributed by atoms with E-state index in [0.717, 1.165) is 32.6 Å². The minimum atomic E-state index is -1.68. The minimum Gasteiger partial charge on any atom is -0.463 e. The van der Waals surface area contributed by atoms with Crippen molar-refractivity contribution in [2.45, 2.75) is 96.8 Å². The first-order chi connectivity index (χ1) is 23.4. The number of nitrogens with one attached hydrogen (secondary N) is 2. The van der Waals surface area contributed by atoms with Crippen molar-refractivity contribution >= 4 is 47.5 Å². The molecule has 2 rings (SSSR count). The molecule has 0 bridgehead atoms. The zero-order chi connectivity index (χ0) is 37.7. The van der Waals surface area contributed by atoms with Gasteiger partial charge in [0.15, 0.2) is 24.6 Å². The van der Waals surface area contributed by atoms with Gasteiger partial charge in [-0.3, -0.25) is 38.4 Å². The fraction of sp³-hybridized carbons (Fsp3) is 0.562. The van der Waals surface area contributed by atoms with Crippen molar-refractivity contribution in [1.29, 1.82) is 0 Å². The molecule has 18 nitrogen and oxygen atoms in total. The summed E-state index contributed by atoms with van der Waals surface area (Å²) in [5.74, 6) is -6.37. The smallest absolute Gasteiger partial charge is 0.303 e. The van der Waals surface area contributed by atoms with Gasteiger partial charge in [0.05, 0.1) is 6.61 Å². The summed E-state index contributed by atoms with van der Waals surface area (Å²) in [5.41, 5.74) is 6.35. The first kappa shape index (κ1) is 41.1. The Labute approximate surface area is 288 Å². The highest BCUT2D eigenvalue weighted by Crippen LogP contribution is 2.30. The van der Waals surface area contributed by atoms with E-state index in [1.165, 1.54) is 20.9 Å². The molecule has 1 aliphatic heterocycles. The highest BCUT2D eigenvalue weighted by molar-refractivity contribution is 5.93. The number of esters is 4. The lowest BCUT2D eigenvalue weighted by Gasteiger charge is -2.44. The first-order valence-electron chi connectivity index (χ1n) is 15.5. The maximum absolute atomic E-state index is 13.9. The van der Waals surface area contributed by atoms with Gasteiger partial charge in [0.1, 0.15) is 30.8 Å². The van der Waals surface area contributed by atoms with Gasteiger partial charge in [0.2, 0.25) is 23.6 Å². The van der Waals surface area contributed by atoms with E-state index in [1.54, 1.807) is 30.3 Å². The summed E-state index contributed by atoms with van der Waals surface area (Å²) in [4.78, 5) is 100. The van der Waals surface area contributed by atoms with Crippen LogP contribution in [0.4, 0.5) is 0 Å². The van der Waals surface area contributed by atoms with Crippen molar-refractivity contribution in [3.63, 3.8) is 0 Å². The first-order valence-corrected chi connectivity index (χ1v) is 15.5. The van der Waals surface area contributed by atoms with Gasteiger partial charge in [-0.05, 0) is 12.5 Å². The highest BCUT2D eigenvalue weighted by atomic mass is 16.7. The number of hydrogen-bond acceptors (Lipinski definition) is 14. The Morgan fingerprint density at radius 1 is 0.820 bits per heavy atom. The van der Waals surface area contributed by atoms with Crippen molar-refractivity contribution in [3.05, 3.63) is 35.9 Å². The molecule has 50 heavy (non-hydrogen) atoms. The number of rotatable bonds is 16. The molecule has 1 fully saturated rings. The molecule has 8 atom stereocenters. The van der Waals surface area contributed by atoms with E-state index in [9.17, 15) is 38.4 Å². The number of carbonyl (C=O) groups is 8. The van der Waals surface area contributed by atoms with E-state index < -0.39 is 110 Å². The maximum atomic E-state index is 13.9. The van der Waals surface area contributed by atoms with Crippen LogP contribution >= 0.6 is 0 Å². The van der Waals surface area contributed by atoms with Crippen LogP contribution in [0.1, 0.15) is 47.1 Å². The molecular formula is C32H44N4O14. The molecule has 4 N–H and O–H groups in total. The number of amides is 4. The Hall–Kier alpha value is -5.10. The lowest BCUT2D eigenvalue weighted by Crippen LogP contribution is -2.64. The predicted molar refractivity (Wildman–Crippen MR) is 169 cm³/mol. The van der Waals surface area contributed by atoms with Gasteiger partial charge in [0.25, 0.3) is 0 Å². The molecule has 0 radical (unpaired) electrons. The second-order valence-corrected chi connectivity index (χ2v) is 11.4. The second-order valence-electron chi connectivity index (χ2n) is 11.4. The van der Waals surface area contributed by atoms with Gasteiger partial charge >= 0.3 is 23.9 Å². The van der Waals surface area contributed by atoms with E-state index in [2.05, 4.69) is 10.6 Å². The van der Waals surface area contributed by atoms with Crippen LogP contribution in [0.25, 0.3) is 0 Å². The number of ether oxygens (including phenoxy) is 6. The molecule has 1 heterocycles. The third kappa shape index (κ3) is 12.7. The Balaban J connectivity index is 2.52. The molecule has 0 spiro atoms. The lowest BCUT2D eigenvalue weighted by molar-refractivity contribution is -0.308. The number of nitrogens with two attached hydrogens (primary N) is 1. The molecule has 0 aliphatic carbocycles. The van der Waals surface area contributed by atoms with Crippen LogP contribution in [0.5, 0.6) is 0 Å². The zero-order valence-corrected chi connectivity index (χ0v) is 28.9. The molecular weight excluding hydrogens is 664 g/mol. The van der Waals surface area contributed by atoms with Crippen LogP contribution < -0.4 is 16.4 Å². The van der Waals surface area contributed by atoms with Crippen LogP contribution in [-0.2, 0) is 73.2 Å². The third-order valence-corrected chi connectivity index (χ3v) is 7.22. The summed E-state index contributed by atoms with van der Waals surface area (Å²) in [7, 11) is 1.30. The van der Waals surface area contributed by atoms with E-state index in [-0.39, 0.29) is 6.42 Å². The molecule has 1 aromatic carbocycles. The van der Waals surface area contributed by atoms with Crippen molar-refractivity contribution in [1.82, 2.24) is 15.5 Å². The summed E-state index contributed by atoms with van der Waals surface area (Å²) in [6, 6.07) is 4.84. The molecule has 1 aliphatic rings. The van der Waals surface area contributed by atoms with Crippen molar-refractivity contribution in [3.8, 4) is 0 Å². The summed E-state index contributed by atoms with van der Waals surface area (Å²) >= 11 is 0. The van der Waals surface area contributed by atoms with Gasteiger partial charge in [-0.15, -0.1) is 0 Å². The van der Waals surface area contributed by atoms with Crippen LogP contribution in [-0.4, -0.2) is 121 Å². The number of hydrogen-bond donors (Lipinski definition) is 3. The van der Waals surface area contributed by atoms with Crippen LogP contribution in [0, 0.1) is 0 Å². The summed E-state index contributed by atoms with van der Waals surface area (Å²) in [5, 5.41) is 4.87. The Kier molecular flexibility index (Phi) is 15.8. The van der Waals surface area contributed by atoms with Crippen LogP contribution in [0.15, 0.2) is 30.3 Å². The third-order valence-electron chi connectivity index (χ3n) is 7.22. The Morgan fingerprint density at radius 3 is 1.90 bits per heavy atom. The maximum Gasteiger partial charge on any atom is 0.303 e. The molecule has 0 unspecified atom stereocenters. The summed E-state index contributed by atoms with van der Waals surface area (Å²) < 4.78 is 33.0. The average molecular weight is 709 g/mol. The fourth-order valence-electron chi connectivity index (χ4n) is 5.02. The zero-order valence-electron chi connectivity index (χ0n) is 28.9. The number of benzene rings is 1. The van der Waals surface area contributed by atoms with Crippen molar-refractivity contribution < 1.29 is 66.8 Å². The second kappa shape index (κ2) is 19.2. The van der Waals surface area contributed by atoms with Crippen molar-refractivity contribution in [2.75, 3.05) is 20.3 Å². The minimum absolute atomic E-state index is 0.0297. The number of likely N-dealkylation sites (N-methyl/N-ethyl adjacent to an activating group) is 1. The van der Waals surface area contributed by atoms with Gasteiger partial charge in [-0.1, -0.05) is 30.3 Å². The van der Waals surface area contributed by atoms with Gasteiger partial charge in [0, 0.05) is 48.1 Å². The highest BCUT2D eigenvalue weighted by Gasteiger charge is 2.53. The number of primary amides is 1. The van der Waals surface area contributed by atoms with E-state index in [1.807, 2.05) is 0 Å². The molecule has 0 aromatic heterocycles. The van der Waals surface area contributed by atoms with Gasteiger partial charge in [-0.25, -0.2) is 0 Å². The molecule has 0 saturated carbocycles. The Morgan fingerprint density at radius 2 is 1.38 bits per heavy atom. The van der Waals surface area contributed by atoms with Crippen LogP contribution in [0.2, 0.25) is 0 Å². The topological polar surface area (TPSA) is 245 Å². The largest absolute Gasteiger partial charge is 0.463 e. The summed E-state index contributed by atoms with van der Waals surface area (Å²) in [6.45, 7) is 5.56. The van der Waals surface area contributed by atoms with E-state index in [4.69, 9.17) is 34.2 Å². The normalized spacial score (nSPS) is 21.6. The number of nitrogens with zero attached hydrogens (tertiary/aromatic N) is 1. The molecule has 18 heteroatoms. The van der Waals surface area contributed by atoms with Gasteiger partial charge < -0.3 is 49.7 Å². The Bertz CT molecular complexity index is 1410. The fourth-order valence-corrected chi connectivity index (χ4v) is 5.02. The quantitative estimate of drug-likeness (QED) is 0.133. The average Bonchev–Trinajstić information content (AvgIpc) is 3.01. The molecule has 276 valence electrons. The van der Waals surface area contributed by atoms with E-state index in [0.29, 0.717) is 5.56 Å². The standard InChI is InChI=1S/C32H44N4O14/c1-16(34-17(2)37)30(43)35-23(31(44)36(7)24(29(33)42)13-22-11-9-8-10-12-22)14-46-32-28(49-21(6)41)27(48-20(5)40)26(47-19(4)39)25(50-32)15-45-18(3)38/h8-12,16,23-28,32H,13-15H2,1-7H3,(H2,33,42)(H,34,37)(H,35,43)/t16-,23-,24-,25+,26-,27-,28+,32+/m0/s1. The van der Waals surface area contributed by atoms with E-state index >= 15 is 0 Å². The SMILES string of the molecule is CC(=O)N[C@@H](C)C(=O)N[C@@H](CO[C@@H]1O[C@H](COC(C)=O)[C@H](OC(C)=O)[C@H](OC(C)=O)[C@H]1OC(C)=O)C(=O)N(C)[C@@H](Cc1ccccc1)C(N)=O. The van der Waals surface area contributed by atoms with Crippen molar-refractivity contribution in [2.24, 2.45) is 5.73 Å². The lowest BCUT2D eigenvalue weighted by atomic mass is 9.98. The molecule has 1 aromatic rings. The summed E-state index contributed by atoms with van der Waals surface area (Å²) in [6.07, 6.45) is -7.64. The molecule has 1 saturated heterocycles. The molecule has 4 amide bonds. The van der Waals surface area contributed by atoms with Crippen LogP contribution in [0.3, 0.4) is 0 Å². The monoisotopic (exact) mass is 708 g/mol.